The third-order valence-corrected chi connectivity index (χ3v) is 1.62. The predicted molar refractivity (Wildman–Crippen MR) is 54.5 cm³/mol. The van der Waals surface area contributed by atoms with Gasteiger partial charge in [0.1, 0.15) is 25.2 Å². The first-order chi connectivity index (χ1) is 6.63. The summed E-state index contributed by atoms with van der Waals surface area (Å²) in [4.78, 5) is 11.3. The number of hydrogen-bond donors (Lipinski definition) is 1. The standard InChI is InChI=1S/C9H9BrO4/c1-6(10)4-14-9-5-13-7(3-11)2-8(9)12/h2,5,11H,1,3-4H2. The molecule has 0 radical (unpaired) electrons. The average molecular weight is 261 g/mol. The SMILES string of the molecule is C=C(Br)COc1coc(CO)cc1=O. The van der Waals surface area contributed by atoms with Crippen LogP contribution in [0.25, 0.3) is 0 Å². The van der Waals surface area contributed by atoms with Gasteiger partial charge in [-0.3, -0.25) is 4.79 Å². The molecule has 1 rings (SSSR count). The lowest BCUT2D eigenvalue weighted by atomic mass is 10.4. The van der Waals surface area contributed by atoms with Crippen molar-refractivity contribution in [2.45, 2.75) is 6.61 Å². The average Bonchev–Trinajstić information content (AvgIpc) is 2.15. The lowest BCUT2D eigenvalue weighted by Crippen LogP contribution is -2.08. The molecular weight excluding hydrogens is 252 g/mol. The number of hydrogen-bond acceptors (Lipinski definition) is 4. The van der Waals surface area contributed by atoms with Gasteiger partial charge >= 0.3 is 0 Å². The summed E-state index contributed by atoms with van der Waals surface area (Å²) in [6.07, 6.45) is 1.17. The van der Waals surface area contributed by atoms with Gasteiger partial charge in [-0.25, -0.2) is 0 Å². The molecule has 0 atom stereocenters. The fourth-order valence-corrected chi connectivity index (χ4v) is 0.897. The second-order valence-electron chi connectivity index (χ2n) is 2.54. The maximum absolute atomic E-state index is 11.3. The minimum Gasteiger partial charge on any atom is -0.481 e. The van der Waals surface area contributed by atoms with Gasteiger partial charge in [-0.15, -0.1) is 0 Å². The van der Waals surface area contributed by atoms with Crippen molar-refractivity contribution in [3.63, 3.8) is 0 Å². The van der Waals surface area contributed by atoms with E-state index in [0.717, 1.165) is 0 Å². The van der Waals surface area contributed by atoms with Crippen LogP contribution >= 0.6 is 15.9 Å². The summed E-state index contributed by atoms with van der Waals surface area (Å²) in [5.74, 6) is 0.308. The molecule has 5 heteroatoms. The molecule has 1 aromatic rings. The summed E-state index contributed by atoms with van der Waals surface area (Å²) < 4.78 is 10.6. The Morgan fingerprint density at radius 3 is 2.93 bits per heavy atom. The Labute approximate surface area is 88.9 Å². The monoisotopic (exact) mass is 260 g/mol. The Hall–Kier alpha value is -1.07. The largest absolute Gasteiger partial charge is 0.481 e. The van der Waals surface area contributed by atoms with Crippen molar-refractivity contribution in [1.29, 1.82) is 0 Å². The molecule has 0 fully saturated rings. The minimum atomic E-state index is -0.325. The van der Waals surface area contributed by atoms with Crippen molar-refractivity contribution >= 4 is 15.9 Å². The van der Waals surface area contributed by atoms with E-state index in [-0.39, 0.29) is 30.2 Å². The van der Waals surface area contributed by atoms with E-state index < -0.39 is 0 Å². The maximum atomic E-state index is 11.3. The summed E-state index contributed by atoms with van der Waals surface area (Å²) in [7, 11) is 0. The highest BCUT2D eigenvalue weighted by atomic mass is 79.9. The highest BCUT2D eigenvalue weighted by Crippen LogP contribution is 2.08. The van der Waals surface area contributed by atoms with Crippen LogP contribution in [0.5, 0.6) is 5.75 Å². The van der Waals surface area contributed by atoms with Crippen LogP contribution in [0.2, 0.25) is 0 Å². The molecule has 0 aliphatic heterocycles. The Kier molecular flexibility index (Phi) is 3.91. The summed E-state index contributed by atoms with van der Waals surface area (Å²) in [5, 5.41) is 8.68. The van der Waals surface area contributed by atoms with Crippen molar-refractivity contribution < 1.29 is 14.3 Å². The Bertz CT molecular complexity index is 383. The zero-order chi connectivity index (χ0) is 10.6. The van der Waals surface area contributed by atoms with Gasteiger partial charge in [0.25, 0.3) is 0 Å². The molecule has 1 aromatic heterocycles. The number of halogens is 1. The topological polar surface area (TPSA) is 59.7 Å². The molecule has 1 heterocycles. The Balaban J connectivity index is 2.79. The quantitative estimate of drug-likeness (QED) is 0.890. The molecule has 0 unspecified atom stereocenters. The van der Waals surface area contributed by atoms with E-state index in [4.69, 9.17) is 14.3 Å². The molecule has 0 aliphatic rings. The van der Waals surface area contributed by atoms with Crippen LogP contribution in [0, 0.1) is 0 Å². The van der Waals surface area contributed by atoms with E-state index in [2.05, 4.69) is 22.5 Å². The van der Waals surface area contributed by atoms with E-state index in [9.17, 15) is 4.79 Å². The van der Waals surface area contributed by atoms with Crippen LogP contribution in [0.4, 0.5) is 0 Å². The fourth-order valence-electron chi connectivity index (χ4n) is 0.783. The first kappa shape index (κ1) is 11.0. The predicted octanol–water partition coefficient (Wildman–Crippen LogP) is 1.42. The van der Waals surface area contributed by atoms with E-state index in [1.807, 2.05) is 0 Å². The second kappa shape index (κ2) is 4.97. The fraction of sp³-hybridized carbons (Fsp3) is 0.222. The Morgan fingerprint density at radius 1 is 1.71 bits per heavy atom. The lowest BCUT2D eigenvalue weighted by Gasteiger charge is -2.03. The molecular formula is C9H9BrO4. The molecule has 0 spiro atoms. The second-order valence-corrected chi connectivity index (χ2v) is 3.66. The normalized spacial score (nSPS) is 9.86. The molecule has 0 amide bonds. The van der Waals surface area contributed by atoms with E-state index >= 15 is 0 Å². The molecule has 0 aromatic carbocycles. The van der Waals surface area contributed by atoms with Crippen molar-refractivity contribution in [2.24, 2.45) is 0 Å². The number of rotatable bonds is 4. The number of aliphatic hydroxyl groups excluding tert-OH is 1. The number of aliphatic hydroxyl groups is 1. The first-order valence-electron chi connectivity index (χ1n) is 3.82. The van der Waals surface area contributed by atoms with Crippen LogP contribution in [-0.2, 0) is 6.61 Å². The molecule has 0 saturated carbocycles. The van der Waals surface area contributed by atoms with Gasteiger partial charge in [0.15, 0.2) is 0 Å². The van der Waals surface area contributed by atoms with Crippen LogP contribution in [0.1, 0.15) is 5.76 Å². The third-order valence-electron chi connectivity index (χ3n) is 1.39. The zero-order valence-electron chi connectivity index (χ0n) is 7.33. The van der Waals surface area contributed by atoms with Crippen molar-refractivity contribution in [3.05, 3.63) is 39.4 Å². The molecule has 0 saturated heterocycles. The zero-order valence-corrected chi connectivity index (χ0v) is 8.91. The summed E-state index contributed by atoms with van der Waals surface area (Å²) in [6, 6.07) is 1.19. The highest BCUT2D eigenvalue weighted by molar-refractivity contribution is 9.11. The smallest absolute Gasteiger partial charge is 0.227 e. The van der Waals surface area contributed by atoms with Crippen molar-refractivity contribution in [3.8, 4) is 5.75 Å². The van der Waals surface area contributed by atoms with Gasteiger partial charge in [0.2, 0.25) is 11.2 Å². The minimum absolute atomic E-state index is 0.0998. The third kappa shape index (κ3) is 3.01. The van der Waals surface area contributed by atoms with Gasteiger partial charge in [-0.2, -0.15) is 0 Å². The summed E-state index contributed by atoms with van der Waals surface area (Å²) >= 11 is 3.09. The van der Waals surface area contributed by atoms with E-state index in [1.54, 1.807) is 0 Å². The van der Waals surface area contributed by atoms with Crippen LogP contribution in [0.15, 0.2) is 32.6 Å². The van der Waals surface area contributed by atoms with E-state index in [1.165, 1.54) is 12.3 Å². The van der Waals surface area contributed by atoms with Gasteiger partial charge in [-0.05, 0) is 0 Å². The highest BCUT2D eigenvalue weighted by Gasteiger charge is 2.03. The van der Waals surface area contributed by atoms with Crippen LogP contribution in [-0.4, -0.2) is 11.7 Å². The molecule has 76 valence electrons. The maximum Gasteiger partial charge on any atom is 0.227 e. The summed E-state index contributed by atoms with van der Waals surface area (Å²) in [6.45, 7) is 3.45. The van der Waals surface area contributed by atoms with Gasteiger partial charge in [0.05, 0.1) is 0 Å². The molecule has 14 heavy (non-hydrogen) atoms. The Morgan fingerprint density at radius 2 is 2.43 bits per heavy atom. The molecule has 0 aliphatic carbocycles. The molecule has 1 N–H and O–H groups in total. The lowest BCUT2D eigenvalue weighted by molar-refractivity contribution is 0.239. The van der Waals surface area contributed by atoms with Crippen molar-refractivity contribution in [2.75, 3.05) is 6.61 Å². The first-order valence-corrected chi connectivity index (χ1v) is 4.61. The van der Waals surface area contributed by atoms with Crippen molar-refractivity contribution in [1.82, 2.24) is 0 Å². The summed E-state index contributed by atoms with van der Waals surface area (Å²) in [5.41, 5.74) is -0.325. The van der Waals surface area contributed by atoms with Crippen LogP contribution in [0.3, 0.4) is 0 Å². The molecule has 4 nitrogen and oxygen atoms in total. The molecule has 0 bridgehead atoms. The van der Waals surface area contributed by atoms with Gasteiger partial charge < -0.3 is 14.3 Å². The van der Waals surface area contributed by atoms with E-state index in [0.29, 0.717) is 4.48 Å². The van der Waals surface area contributed by atoms with Gasteiger partial charge in [0, 0.05) is 10.5 Å². The van der Waals surface area contributed by atoms with Gasteiger partial charge in [-0.1, -0.05) is 22.5 Å². The number of ether oxygens (including phenoxy) is 1. The van der Waals surface area contributed by atoms with Crippen LogP contribution < -0.4 is 10.2 Å².